The van der Waals surface area contributed by atoms with Crippen LogP contribution in [0.25, 0.3) is 11.5 Å². The molecule has 0 aliphatic rings. The Morgan fingerprint density at radius 3 is 2.30 bits per heavy atom. The van der Waals surface area contributed by atoms with Crippen LogP contribution in [-0.2, 0) is 21.0 Å². The lowest BCUT2D eigenvalue weighted by molar-refractivity contribution is -0.141. The van der Waals surface area contributed by atoms with Crippen LogP contribution >= 0.6 is 0 Å². The minimum absolute atomic E-state index is 0.0114. The van der Waals surface area contributed by atoms with Gasteiger partial charge < -0.3 is 0 Å². The average molecular weight is 438 g/mol. The number of halogens is 3. The second-order valence-electron chi connectivity index (χ2n) is 6.26. The van der Waals surface area contributed by atoms with Gasteiger partial charge in [0.1, 0.15) is 5.69 Å². The SMILES string of the molecule is CCC(=O)N(n1cc(C(F)(F)F)nc1-c1cccc(C)n1)S(=O)(=O)c1ccccc1. The first-order valence-electron chi connectivity index (χ1n) is 8.79. The summed E-state index contributed by atoms with van der Waals surface area (Å²) < 4.78 is 67.5. The molecule has 0 atom stereocenters. The molecule has 3 aromatic rings. The van der Waals surface area contributed by atoms with Crippen molar-refractivity contribution in [1.29, 1.82) is 0 Å². The smallest absolute Gasteiger partial charge is 0.272 e. The quantitative estimate of drug-likeness (QED) is 0.608. The number of aryl methyl sites for hydroxylation is 1. The van der Waals surface area contributed by atoms with Gasteiger partial charge in [-0.1, -0.05) is 31.2 Å². The van der Waals surface area contributed by atoms with Crippen LogP contribution in [0, 0.1) is 6.92 Å². The van der Waals surface area contributed by atoms with Crippen LogP contribution in [0.15, 0.2) is 59.6 Å². The Balaban J connectivity index is 2.31. The van der Waals surface area contributed by atoms with E-state index in [0.29, 0.717) is 21.0 Å². The molecule has 11 heteroatoms. The summed E-state index contributed by atoms with van der Waals surface area (Å²) in [4.78, 5) is 20.1. The van der Waals surface area contributed by atoms with E-state index in [1.54, 1.807) is 25.1 Å². The highest BCUT2D eigenvalue weighted by Gasteiger charge is 2.39. The molecule has 0 radical (unpaired) electrons. The Hall–Kier alpha value is -3.21. The van der Waals surface area contributed by atoms with Gasteiger partial charge in [0.2, 0.25) is 0 Å². The van der Waals surface area contributed by atoms with E-state index >= 15 is 0 Å². The molecule has 0 aliphatic carbocycles. The molecule has 30 heavy (non-hydrogen) atoms. The van der Waals surface area contributed by atoms with Gasteiger partial charge in [-0.3, -0.25) is 4.79 Å². The minimum Gasteiger partial charge on any atom is -0.272 e. The predicted octanol–water partition coefficient (Wildman–Crippen LogP) is 3.54. The van der Waals surface area contributed by atoms with Crippen molar-refractivity contribution in [3.8, 4) is 11.5 Å². The van der Waals surface area contributed by atoms with Crippen molar-refractivity contribution < 1.29 is 26.4 Å². The molecule has 158 valence electrons. The lowest BCUT2D eigenvalue weighted by Crippen LogP contribution is -2.45. The number of benzene rings is 1. The maximum absolute atomic E-state index is 13.4. The fourth-order valence-corrected chi connectivity index (χ4v) is 4.14. The Morgan fingerprint density at radius 2 is 1.73 bits per heavy atom. The summed E-state index contributed by atoms with van der Waals surface area (Å²) in [6, 6.07) is 11.5. The fourth-order valence-electron chi connectivity index (χ4n) is 2.69. The van der Waals surface area contributed by atoms with Crippen molar-refractivity contribution in [3.05, 3.63) is 66.1 Å². The Morgan fingerprint density at radius 1 is 1.07 bits per heavy atom. The predicted molar refractivity (Wildman–Crippen MR) is 102 cm³/mol. The highest BCUT2D eigenvalue weighted by molar-refractivity contribution is 7.93. The van der Waals surface area contributed by atoms with Crippen LogP contribution in [0.5, 0.6) is 0 Å². The van der Waals surface area contributed by atoms with Gasteiger partial charge in [0.25, 0.3) is 15.9 Å². The number of nitrogens with zero attached hydrogens (tertiary/aromatic N) is 4. The third-order valence-electron chi connectivity index (χ3n) is 4.08. The van der Waals surface area contributed by atoms with E-state index in [0.717, 1.165) is 0 Å². The first kappa shape index (κ1) is 21.5. The van der Waals surface area contributed by atoms with Crippen molar-refractivity contribution >= 4 is 15.9 Å². The lowest BCUT2D eigenvalue weighted by atomic mass is 10.3. The molecule has 0 N–H and O–H groups in total. The second-order valence-corrected chi connectivity index (χ2v) is 8.03. The van der Waals surface area contributed by atoms with Crippen LogP contribution in [0.3, 0.4) is 0 Å². The third-order valence-corrected chi connectivity index (χ3v) is 5.78. The molecule has 2 aromatic heterocycles. The molecular weight excluding hydrogens is 421 g/mol. The zero-order valence-electron chi connectivity index (χ0n) is 16.0. The molecule has 0 spiro atoms. The van der Waals surface area contributed by atoms with Gasteiger partial charge in [-0.2, -0.15) is 21.6 Å². The van der Waals surface area contributed by atoms with Gasteiger partial charge in [0, 0.05) is 12.1 Å². The van der Waals surface area contributed by atoms with Gasteiger partial charge in [-0.15, -0.1) is 4.41 Å². The van der Waals surface area contributed by atoms with Crippen LogP contribution in [0.4, 0.5) is 13.2 Å². The molecule has 0 bridgehead atoms. The summed E-state index contributed by atoms with van der Waals surface area (Å²) in [7, 11) is -4.53. The van der Waals surface area contributed by atoms with Gasteiger partial charge in [0.05, 0.1) is 11.1 Å². The van der Waals surface area contributed by atoms with E-state index in [9.17, 15) is 26.4 Å². The van der Waals surface area contributed by atoms with Crippen molar-refractivity contribution in [2.75, 3.05) is 4.41 Å². The number of hydrogen-bond donors (Lipinski definition) is 0. The van der Waals surface area contributed by atoms with Crippen molar-refractivity contribution in [1.82, 2.24) is 14.6 Å². The number of carbonyl (C=O) groups is 1. The number of imidazole rings is 1. The van der Waals surface area contributed by atoms with E-state index < -0.39 is 33.6 Å². The lowest BCUT2D eigenvalue weighted by Gasteiger charge is -2.24. The number of rotatable bonds is 5. The van der Waals surface area contributed by atoms with Crippen molar-refractivity contribution in [2.45, 2.75) is 31.3 Å². The maximum atomic E-state index is 13.4. The minimum atomic E-state index is -4.86. The van der Waals surface area contributed by atoms with Crippen LogP contribution in [0.1, 0.15) is 24.7 Å². The molecule has 2 heterocycles. The summed E-state index contributed by atoms with van der Waals surface area (Å²) in [6.45, 7) is 3.03. The number of hydrogen-bond acceptors (Lipinski definition) is 5. The molecule has 3 rings (SSSR count). The molecule has 0 aliphatic heterocycles. The van der Waals surface area contributed by atoms with E-state index in [4.69, 9.17) is 0 Å². The largest absolute Gasteiger partial charge is 0.434 e. The summed E-state index contributed by atoms with van der Waals surface area (Å²) in [6.07, 6.45) is -4.65. The fraction of sp³-hybridized carbons (Fsp3) is 0.211. The Bertz CT molecular complexity index is 1180. The standard InChI is InChI=1S/C19H17F3N4O3S/c1-3-17(27)26(30(28,29)14-9-5-4-6-10-14)25-12-16(19(20,21)22)24-18(25)15-11-7-8-13(2)23-15/h4-12H,3H2,1-2H3. The number of sulfonamides is 1. The molecule has 7 nitrogen and oxygen atoms in total. The Kier molecular flexibility index (Phi) is 5.66. The van der Waals surface area contributed by atoms with E-state index in [1.165, 1.54) is 37.3 Å². The summed E-state index contributed by atoms with van der Waals surface area (Å²) >= 11 is 0. The number of aromatic nitrogens is 3. The molecule has 0 fully saturated rings. The zero-order valence-corrected chi connectivity index (χ0v) is 16.8. The highest BCUT2D eigenvalue weighted by atomic mass is 32.2. The normalized spacial score (nSPS) is 12.0. The summed E-state index contributed by atoms with van der Waals surface area (Å²) in [5.41, 5.74) is -0.879. The second kappa shape index (κ2) is 7.90. The van der Waals surface area contributed by atoms with Crippen LogP contribution in [-0.4, -0.2) is 29.0 Å². The van der Waals surface area contributed by atoms with Gasteiger partial charge >= 0.3 is 6.18 Å². The molecule has 0 saturated carbocycles. The highest BCUT2D eigenvalue weighted by Crippen LogP contribution is 2.32. The molecule has 0 saturated heterocycles. The zero-order chi connectivity index (χ0) is 22.1. The molecular formula is C19H17F3N4O3S. The number of alkyl halides is 3. The van der Waals surface area contributed by atoms with Crippen molar-refractivity contribution in [2.24, 2.45) is 0 Å². The summed E-state index contributed by atoms with van der Waals surface area (Å²) in [5, 5.41) is 0. The first-order valence-corrected chi connectivity index (χ1v) is 10.2. The summed E-state index contributed by atoms with van der Waals surface area (Å²) in [5.74, 6) is -1.36. The number of carbonyl (C=O) groups excluding carboxylic acids is 1. The number of pyridine rings is 1. The molecule has 1 amide bonds. The molecule has 0 unspecified atom stereocenters. The van der Waals surface area contributed by atoms with E-state index in [1.807, 2.05) is 0 Å². The first-order chi connectivity index (χ1) is 14.1. The van der Waals surface area contributed by atoms with Gasteiger partial charge in [0.15, 0.2) is 11.5 Å². The Labute approximate surface area is 170 Å². The average Bonchev–Trinajstić information content (AvgIpc) is 3.13. The van der Waals surface area contributed by atoms with Gasteiger partial charge in [-0.05, 0) is 31.2 Å². The van der Waals surface area contributed by atoms with E-state index in [2.05, 4.69) is 9.97 Å². The van der Waals surface area contributed by atoms with Crippen molar-refractivity contribution in [3.63, 3.8) is 0 Å². The van der Waals surface area contributed by atoms with E-state index in [-0.39, 0.29) is 17.0 Å². The molecule has 1 aromatic carbocycles. The number of amides is 1. The topological polar surface area (TPSA) is 85.2 Å². The monoisotopic (exact) mass is 438 g/mol. The van der Waals surface area contributed by atoms with Crippen LogP contribution in [0.2, 0.25) is 0 Å². The van der Waals surface area contributed by atoms with Crippen LogP contribution < -0.4 is 4.41 Å². The maximum Gasteiger partial charge on any atom is 0.434 e. The van der Waals surface area contributed by atoms with Gasteiger partial charge in [-0.25, -0.2) is 14.6 Å². The third kappa shape index (κ3) is 4.06.